The molecule has 0 aliphatic heterocycles. The molecule has 0 aliphatic rings. The van der Waals surface area contributed by atoms with Crippen molar-refractivity contribution in [3.05, 3.63) is 65.7 Å². The molecule has 2 rings (SSSR count). The molecule has 0 bridgehead atoms. The van der Waals surface area contributed by atoms with E-state index in [-0.39, 0.29) is 11.4 Å². The number of amides is 1. The predicted octanol–water partition coefficient (Wildman–Crippen LogP) is 1.12. The largest absolute Gasteiger partial charge is 0.366 e. The molecule has 0 fully saturated rings. The van der Waals surface area contributed by atoms with Gasteiger partial charge in [-0.05, 0) is 36.4 Å². The average molecular weight is 314 g/mol. The Morgan fingerprint density at radius 2 is 1.68 bits per heavy atom. The van der Waals surface area contributed by atoms with E-state index in [2.05, 4.69) is 16.6 Å². The number of primary amides is 1. The van der Waals surface area contributed by atoms with Crippen LogP contribution in [0, 0.1) is 11.8 Å². The van der Waals surface area contributed by atoms with Crippen molar-refractivity contribution in [2.45, 2.75) is 4.90 Å². The third-order valence-electron chi connectivity index (χ3n) is 2.81. The average Bonchev–Trinajstić information content (AvgIpc) is 2.53. The molecule has 0 saturated heterocycles. The van der Waals surface area contributed by atoms with E-state index in [1.165, 1.54) is 12.1 Å². The standard InChI is InChI=1S/C16H14N2O3S/c17-16(19)14-10-8-13(9-11-14)5-4-12-18-22(20,21)15-6-2-1-3-7-15/h1-3,6-11,18H,12H2,(H2,17,19). The number of benzene rings is 2. The minimum Gasteiger partial charge on any atom is -0.366 e. The van der Waals surface area contributed by atoms with Gasteiger partial charge < -0.3 is 5.73 Å². The molecule has 3 N–H and O–H groups in total. The molecule has 0 saturated carbocycles. The first-order valence-corrected chi connectivity index (χ1v) is 7.91. The molecule has 112 valence electrons. The van der Waals surface area contributed by atoms with E-state index in [1.54, 1.807) is 42.5 Å². The molecule has 0 radical (unpaired) electrons. The normalized spacial score (nSPS) is 10.5. The molecule has 0 unspecified atom stereocenters. The highest BCUT2D eigenvalue weighted by atomic mass is 32.2. The van der Waals surface area contributed by atoms with Crippen LogP contribution in [0.3, 0.4) is 0 Å². The third kappa shape index (κ3) is 4.19. The predicted molar refractivity (Wildman–Crippen MR) is 83.5 cm³/mol. The monoisotopic (exact) mass is 314 g/mol. The van der Waals surface area contributed by atoms with Gasteiger partial charge in [0.05, 0.1) is 11.4 Å². The van der Waals surface area contributed by atoms with Gasteiger partial charge >= 0.3 is 0 Å². The molecule has 2 aromatic carbocycles. The topological polar surface area (TPSA) is 89.3 Å². The number of sulfonamides is 1. The Morgan fingerprint density at radius 1 is 1.05 bits per heavy atom. The summed E-state index contributed by atoms with van der Waals surface area (Å²) < 4.78 is 26.3. The number of hydrogen-bond donors (Lipinski definition) is 2. The van der Waals surface area contributed by atoms with Gasteiger partial charge in [0.1, 0.15) is 0 Å². The van der Waals surface area contributed by atoms with Crippen LogP contribution < -0.4 is 10.5 Å². The van der Waals surface area contributed by atoms with Gasteiger partial charge in [0.2, 0.25) is 15.9 Å². The highest BCUT2D eigenvalue weighted by Crippen LogP contribution is 2.06. The van der Waals surface area contributed by atoms with E-state index < -0.39 is 15.9 Å². The molecule has 0 atom stereocenters. The van der Waals surface area contributed by atoms with Gasteiger partial charge in [-0.1, -0.05) is 30.0 Å². The maximum Gasteiger partial charge on any atom is 0.248 e. The van der Waals surface area contributed by atoms with Crippen LogP contribution in [0.1, 0.15) is 15.9 Å². The van der Waals surface area contributed by atoms with Gasteiger partial charge in [-0.3, -0.25) is 4.79 Å². The number of carbonyl (C=O) groups excluding carboxylic acids is 1. The summed E-state index contributed by atoms with van der Waals surface area (Å²) in [4.78, 5) is 11.1. The zero-order valence-electron chi connectivity index (χ0n) is 11.6. The second-order valence-corrected chi connectivity index (χ2v) is 6.15. The second kappa shape index (κ2) is 6.89. The number of nitrogens with two attached hydrogens (primary N) is 1. The first-order chi connectivity index (χ1) is 10.5. The van der Waals surface area contributed by atoms with Gasteiger partial charge in [0.25, 0.3) is 0 Å². The minimum absolute atomic E-state index is 0.00516. The summed E-state index contributed by atoms with van der Waals surface area (Å²) in [6.45, 7) is -0.00516. The van der Waals surface area contributed by atoms with Crippen LogP contribution in [0.25, 0.3) is 0 Å². The maximum atomic E-state index is 11.9. The van der Waals surface area contributed by atoms with E-state index in [4.69, 9.17) is 5.73 Å². The van der Waals surface area contributed by atoms with Gasteiger partial charge in [0, 0.05) is 11.1 Å². The Hall–Kier alpha value is -2.62. The highest BCUT2D eigenvalue weighted by molar-refractivity contribution is 7.89. The van der Waals surface area contributed by atoms with Crippen molar-refractivity contribution in [2.24, 2.45) is 5.73 Å². The van der Waals surface area contributed by atoms with E-state index in [1.807, 2.05) is 0 Å². The lowest BCUT2D eigenvalue weighted by Gasteiger charge is -2.02. The SMILES string of the molecule is NC(=O)c1ccc(C#CCNS(=O)(=O)c2ccccc2)cc1. The van der Waals surface area contributed by atoms with Crippen LogP contribution in [0.2, 0.25) is 0 Å². The van der Waals surface area contributed by atoms with Crippen molar-refractivity contribution < 1.29 is 13.2 Å². The molecule has 0 heterocycles. The van der Waals surface area contributed by atoms with E-state index in [0.29, 0.717) is 11.1 Å². The lowest BCUT2D eigenvalue weighted by Crippen LogP contribution is -2.23. The maximum absolute atomic E-state index is 11.9. The molecule has 5 nitrogen and oxygen atoms in total. The smallest absolute Gasteiger partial charge is 0.248 e. The Bertz CT molecular complexity index is 817. The number of hydrogen-bond acceptors (Lipinski definition) is 3. The molecular weight excluding hydrogens is 300 g/mol. The summed E-state index contributed by atoms with van der Waals surface area (Å²) in [7, 11) is -3.55. The van der Waals surface area contributed by atoms with Crippen LogP contribution >= 0.6 is 0 Å². The zero-order valence-corrected chi connectivity index (χ0v) is 12.4. The van der Waals surface area contributed by atoms with Crippen LogP contribution in [-0.2, 0) is 10.0 Å². The van der Waals surface area contributed by atoms with Crippen molar-refractivity contribution in [3.63, 3.8) is 0 Å². The van der Waals surface area contributed by atoms with Crippen molar-refractivity contribution >= 4 is 15.9 Å². The Kier molecular flexibility index (Phi) is 4.94. The van der Waals surface area contributed by atoms with Crippen LogP contribution in [0.4, 0.5) is 0 Å². The summed E-state index contributed by atoms with van der Waals surface area (Å²) in [6, 6.07) is 14.5. The molecule has 2 aromatic rings. The summed E-state index contributed by atoms with van der Waals surface area (Å²) >= 11 is 0. The van der Waals surface area contributed by atoms with Gasteiger partial charge in [-0.2, -0.15) is 4.72 Å². The molecule has 0 aliphatic carbocycles. The Balaban J connectivity index is 1.98. The second-order valence-electron chi connectivity index (χ2n) is 4.38. The van der Waals surface area contributed by atoms with E-state index >= 15 is 0 Å². The lowest BCUT2D eigenvalue weighted by atomic mass is 10.1. The molecule has 1 amide bonds. The van der Waals surface area contributed by atoms with Crippen LogP contribution in [-0.4, -0.2) is 20.9 Å². The van der Waals surface area contributed by atoms with Crippen LogP contribution in [0.15, 0.2) is 59.5 Å². The first kappa shape index (κ1) is 15.8. The quantitative estimate of drug-likeness (QED) is 0.829. The molecular formula is C16H14N2O3S. The van der Waals surface area contributed by atoms with Crippen molar-refractivity contribution in [2.75, 3.05) is 6.54 Å². The Morgan fingerprint density at radius 3 is 2.27 bits per heavy atom. The molecule has 0 spiro atoms. The molecule has 6 heteroatoms. The summed E-state index contributed by atoms with van der Waals surface area (Å²) in [6.07, 6.45) is 0. The van der Waals surface area contributed by atoms with Crippen molar-refractivity contribution in [3.8, 4) is 11.8 Å². The van der Waals surface area contributed by atoms with E-state index in [0.717, 1.165) is 0 Å². The molecule has 22 heavy (non-hydrogen) atoms. The summed E-state index contributed by atoms with van der Waals surface area (Å²) in [5, 5.41) is 0. The van der Waals surface area contributed by atoms with E-state index in [9.17, 15) is 13.2 Å². The highest BCUT2D eigenvalue weighted by Gasteiger charge is 2.10. The number of carbonyl (C=O) groups is 1. The van der Waals surface area contributed by atoms with Gasteiger partial charge in [-0.25, -0.2) is 8.42 Å². The molecule has 0 aromatic heterocycles. The van der Waals surface area contributed by atoms with Gasteiger partial charge in [-0.15, -0.1) is 0 Å². The fourth-order valence-corrected chi connectivity index (χ4v) is 2.62. The van der Waals surface area contributed by atoms with Crippen molar-refractivity contribution in [1.29, 1.82) is 0 Å². The zero-order chi connectivity index (χ0) is 16.0. The summed E-state index contributed by atoms with van der Waals surface area (Å²) in [5.41, 5.74) is 6.21. The third-order valence-corrected chi connectivity index (χ3v) is 4.22. The fourth-order valence-electron chi connectivity index (χ4n) is 1.68. The van der Waals surface area contributed by atoms with Gasteiger partial charge in [0.15, 0.2) is 0 Å². The van der Waals surface area contributed by atoms with Crippen molar-refractivity contribution in [1.82, 2.24) is 4.72 Å². The van der Waals surface area contributed by atoms with Crippen LogP contribution in [0.5, 0.6) is 0 Å². The number of rotatable bonds is 4. The summed E-state index contributed by atoms with van der Waals surface area (Å²) in [5.74, 6) is 5.02. The fraction of sp³-hybridized carbons (Fsp3) is 0.0625. The Labute approximate surface area is 129 Å². The lowest BCUT2D eigenvalue weighted by molar-refractivity contribution is 0.100. The number of nitrogens with one attached hydrogen (secondary N) is 1. The minimum atomic E-state index is -3.55. The first-order valence-electron chi connectivity index (χ1n) is 6.42.